The standard InChI is InChI=1S/C11H13BrF3N3O/c1-7-2-3-18(8(7)4-12)9-5-17-10(6-16-9)19-11(13,14)15/h5-8H,2-4H2,1H3. The minimum Gasteiger partial charge on any atom is -0.386 e. The van der Waals surface area contributed by atoms with Crippen LogP contribution < -0.4 is 9.64 Å². The molecule has 1 aromatic heterocycles. The highest BCUT2D eigenvalue weighted by molar-refractivity contribution is 9.09. The van der Waals surface area contributed by atoms with E-state index in [9.17, 15) is 13.2 Å². The number of halogens is 4. The van der Waals surface area contributed by atoms with E-state index >= 15 is 0 Å². The maximum atomic E-state index is 12.0. The Morgan fingerprint density at radius 2 is 2.16 bits per heavy atom. The van der Waals surface area contributed by atoms with Crippen LogP contribution in [0.1, 0.15) is 13.3 Å². The molecule has 2 atom stereocenters. The van der Waals surface area contributed by atoms with Crippen molar-refractivity contribution in [2.45, 2.75) is 25.7 Å². The second kappa shape index (κ2) is 5.52. The molecule has 0 amide bonds. The van der Waals surface area contributed by atoms with Gasteiger partial charge in [-0.05, 0) is 12.3 Å². The minimum atomic E-state index is -4.74. The molecule has 0 bridgehead atoms. The van der Waals surface area contributed by atoms with Crippen LogP contribution in [0.25, 0.3) is 0 Å². The van der Waals surface area contributed by atoms with Crippen LogP contribution >= 0.6 is 15.9 Å². The molecule has 1 fully saturated rings. The fourth-order valence-electron chi connectivity index (χ4n) is 2.16. The molecular formula is C11H13BrF3N3O. The lowest BCUT2D eigenvalue weighted by Gasteiger charge is -2.25. The number of hydrogen-bond acceptors (Lipinski definition) is 4. The van der Waals surface area contributed by atoms with E-state index in [-0.39, 0.29) is 6.04 Å². The third-order valence-corrected chi connectivity index (χ3v) is 3.83. The Bertz CT molecular complexity index is 426. The number of aromatic nitrogens is 2. The summed E-state index contributed by atoms with van der Waals surface area (Å²) in [4.78, 5) is 9.68. The van der Waals surface area contributed by atoms with Gasteiger partial charge in [0.1, 0.15) is 5.82 Å². The molecule has 1 saturated heterocycles. The summed E-state index contributed by atoms with van der Waals surface area (Å²) in [5, 5.41) is 0.788. The van der Waals surface area contributed by atoms with Gasteiger partial charge in [0.25, 0.3) is 0 Å². The fourth-order valence-corrected chi connectivity index (χ4v) is 3.14. The molecule has 1 aliphatic heterocycles. The Labute approximate surface area is 117 Å². The molecule has 0 spiro atoms. The second-order valence-electron chi connectivity index (χ2n) is 4.44. The summed E-state index contributed by atoms with van der Waals surface area (Å²) in [6.45, 7) is 2.96. The summed E-state index contributed by atoms with van der Waals surface area (Å²) in [6.07, 6.45) is -1.40. The first-order chi connectivity index (χ1) is 8.90. The first kappa shape index (κ1) is 14.4. The average Bonchev–Trinajstić information content (AvgIpc) is 2.69. The first-order valence-electron chi connectivity index (χ1n) is 5.81. The Kier molecular flexibility index (Phi) is 4.17. The molecule has 0 aromatic carbocycles. The molecule has 0 saturated carbocycles. The van der Waals surface area contributed by atoms with Gasteiger partial charge in [0, 0.05) is 17.9 Å². The van der Waals surface area contributed by atoms with Crippen molar-refractivity contribution >= 4 is 21.7 Å². The van der Waals surface area contributed by atoms with E-state index in [4.69, 9.17) is 0 Å². The van der Waals surface area contributed by atoms with Crippen LogP contribution in [0.3, 0.4) is 0 Å². The highest BCUT2D eigenvalue weighted by atomic mass is 79.9. The Balaban J connectivity index is 2.10. The largest absolute Gasteiger partial charge is 0.574 e. The Morgan fingerprint density at radius 3 is 2.68 bits per heavy atom. The lowest BCUT2D eigenvalue weighted by Crippen LogP contribution is -2.34. The van der Waals surface area contributed by atoms with Gasteiger partial charge < -0.3 is 9.64 Å². The van der Waals surface area contributed by atoms with E-state index in [1.54, 1.807) is 0 Å². The van der Waals surface area contributed by atoms with Crippen molar-refractivity contribution in [3.63, 3.8) is 0 Å². The predicted molar refractivity (Wildman–Crippen MR) is 67.4 cm³/mol. The van der Waals surface area contributed by atoms with E-state index in [0.29, 0.717) is 11.7 Å². The van der Waals surface area contributed by atoms with Crippen LogP contribution in [0.15, 0.2) is 12.4 Å². The van der Waals surface area contributed by atoms with Gasteiger partial charge in [-0.25, -0.2) is 9.97 Å². The van der Waals surface area contributed by atoms with Crippen molar-refractivity contribution in [3.05, 3.63) is 12.4 Å². The molecule has 8 heteroatoms. The van der Waals surface area contributed by atoms with Gasteiger partial charge in [-0.15, -0.1) is 13.2 Å². The molecule has 2 unspecified atom stereocenters. The summed E-state index contributed by atoms with van der Waals surface area (Å²) in [5.74, 6) is 0.537. The smallest absolute Gasteiger partial charge is 0.386 e. The zero-order chi connectivity index (χ0) is 14.0. The molecule has 0 N–H and O–H groups in total. The second-order valence-corrected chi connectivity index (χ2v) is 5.09. The lowest BCUT2D eigenvalue weighted by atomic mass is 10.1. The van der Waals surface area contributed by atoms with E-state index in [2.05, 4.69) is 37.6 Å². The van der Waals surface area contributed by atoms with Gasteiger partial charge >= 0.3 is 6.36 Å². The topological polar surface area (TPSA) is 38.2 Å². The maximum Gasteiger partial charge on any atom is 0.574 e. The van der Waals surface area contributed by atoms with Crippen LogP contribution in [-0.4, -0.2) is 34.2 Å². The number of hydrogen-bond donors (Lipinski definition) is 0. The normalized spacial score (nSPS) is 23.7. The number of rotatable bonds is 3. The fraction of sp³-hybridized carbons (Fsp3) is 0.636. The van der Waals surface area contributed by atoms with Crippen LogP contribution in [0, 0.1) is 5.92 Å². The molecule has 106 valence electrons. The van der Waals surface area contributed by atoms with Crippen molar-refractivity contribution in [1.29, 1.82) is 0 Å². The number of alkyl halides is 4. The minimum absolute atomic E-state index is 0.281. The van der Waals surface area contributed by atoms with Crippen molar-refractivity contribution in [2.75, 3.05) is 16.8 Å². The Hall–Kier alpha value is -1.05. The zero-order valence-corrected chi connectivity index (χ0v) is 11.8. The van der Waals surface area contributed by atoms with Crippen LogP contribution in [-0.2, 0) is 0 Å². The number of ether oxygens (including phenoxy) is 1. The monoisotopic (exact) mass is 339 g/mol. The van der Waals surface area contributed by atoms with Gasteiger partial charge in [-0.2, -0.15) is 0 Å². The molecule has 4 nitrogen and oxygen atoms in total. The third-order valence-electron chi connectivity index (χ3n) is 3.17. The predicted octanol–water partition coefficient (Wildman–Crippen LogP) is 2.98. The van der Waals surface area contributed by atoms with Crippen molar-refractivity contribution in [3.8, 4) is 5.88 Å². The van der Waals surface area contributed by atoms with E-state index in [1.165, 1.54) is 6.20 Å². The van der Waals surface area contributed by atoms with Crippen molar-refractivity contribution in [2.24, 2.45) is 5.92 Å². The number of nitrogens with zero attached hydrogens (tertiary/aromatic N) is 3. The molecule has 1 aliphatic rings. The summed E-state index contributed by atoms with van der Waals surface area (Å²) in [7, 11) is 0. The van der Waals surface area contributed by atoms with E-state index < -0.39 is 12.2 Å². The third kappa shape index (κ3) is 3.49. The van der Waals surface area contributed by atoms with Gasteiger partial charge in [0.15, 0.2) is 0 Å². The first-order valence-corrected chi connectivity index (χ1v) is 6.93. The van der Waals surface area contributed by atoms with E-state index in [1.807, 2.05) is 4.90 Å². The summed E-state index contributed by atoms with van der Waals surface area (Å²) in [6, 6.07) is 0.281. The maximum absolute atomic E-state index is 12.0. The van der Waals surface area contributed by atoms with Crippen LogP contribution in [0.2, 0.25) is 0 Å². The molecule has 0 radical (unpaired) electrons. The summed E-state index contributed by atoms with van der Waals surface area (Å²) in [5.41, 5.74) is 0. The average molecular weight is 340 g/mol. The molecule has 2 heterocycles. The number of anilines is 1. The zero-order valence-electron chi connectivity index (χ0n) is 10.2. The molecule has 1 aromatic rings. The SMILES string of the molecule is CC1CCN(c2cnc(OC(F)(F)F)cn2)C1CBr. The molecule has 0 aliphatic carbocycles. The van der Waals surface area contributed by atoms with Crippen molar-refractivity contribution < 1.29 is 17.9 Å². The highest BCUT2D eigenvalue weighted by Crippen LogP contribution is 2.30. The summed E-state index contributed by atoms with van der Waals surface area (Å²) < 4.78 is 39.7. The lowest BCUT2D eigenvalue weighted by molar-refractivity contribution is -0.276. The van der Waals surface area contributed by atoms with Crippen LogP contribution in [0.5, 0.6) is 5.88 Å². The van der Waals surface area contributed by atoms with Crippen molar-refractivity contribution in [1.82, 2.24) is 9.97 Å². The molecular weight excluding hydrogens is 327 g/mol. The van der Waals surface area contributed by atoms with E-state index in [0.717, 1.165) is 24.5 Å². The van der Waals surface area contributed by atoms with Gasteiger partial charge in [0.2, 0.25) is 5.88 Å². The summed E-state index contributed by atoms with van der Waals surface area (Å²) >= 11 is 3.45. The van der Waals surface area contributed by atoms with Gasteiger partial charge in [-0.3, -0.25) is 0 Å². The Morgan fingerprint density at radius 1 is 1.42 bits per heavy atom. The van der Waals surface area contributed by atoms with Gasteiger partial charge in [-0.1, -0.05) is 22.9 Å². The van der Waals surface area contributed by atoms with Gasteiger partial charge in [0.05, 0.1) is 12.4 Å². The quantitative estimate of drug-likeness (QED) is 0.793. The highest BCUT2D eigenvalue weighted by Gasteiger charge is 2.33. The molecule has 19 heavy (non-hydrogen) atoms. The molecule has 2 rings (SSSR count). The van der Waals surface area contributed by atoms with Crippen LogP contribution in [0.4, 0.5) is 19.0 Å².